The standard InChI is InChI=1S/C6H13NO2S/c1-3-5(2)4-7-6(8)9-10/h5,10H,3-4H2,1-2H3,(H,7,8). The summed E-state index contributed by atoms with van der Waals surface area (Å²) in [4.78, 5) is 10.4. The molecule has 0 saturated heterocycles. The molecule has 0 saturated carbocycles. The van der Waals surface area contributed by atoms with Gasteiger partial charge in [-0.3, -0.25) is 0 Å². The minimum Gasteiger partial charge on any atom is -0.378 e. The Morgan fingerprint density at radius 1 is 1.80 bits per heavy atom. The average Bonchev–Trinajstić information content (AvgIpc) is 1.99. The van der Waals surface area contributed by atoms with Crippen LogP contribution in [0.25, 0.3) is 0 Å². The average molecular weight is 163 g/mol. The summed E-state index contributed by atoms with van der Waals surface area (Å²) in [5, 5.41) is 2.55. The summed E-state index contributed by atoms with van der Waals surface area (Å²) in [6.07, 6.45) is 0.566. The van der Waals surface area contributed by atoms with E-state index in [1.165, 1.54) is 0 Å². The van der Waals surface area contributed by atoms with Gasteiger partial charge < -0.3 is 9.50 Å². The predicted octanol–water partition coefficient (Wildman–Crippen LogP) is 1.60. The monoisotopic (exact) mass is 163 g/mol. The van der Waals surface area contributed by atoms with Crippen LogP contribution in [-0.4, -0.2) is 12.6 Å². The molecule has 1 unspecified atom stereocenters. The molecule has 60 valence electrons. The first-order valence-corrected chi connectivity index (χ1v) is 3.66. The fraction of sp³-hybridized carbons (Fsp3) is 0.833. The third-order valence-electron chi connectivity index (χ3n) is 1.37. The van der Waals surface area contributed by atoms with Crippen molar-refractivity contribution in [2.24, 2.45) is 5.92 Å². The second-order valence-electron chi connectivity index (χ2n) is 2.27. The number of nitrogens with one attached hydrogen (secondary N) is 1. The van der Waals surface area contributed by atoms with Crippen molar-refractivity contribution in [2.45, 2.75) is 20.3 Å². The van der Waals surface area contributed by atoms with Crippen LogP contribution in [0.5, 0.6) is 0 Å². The molecule has 0 aromatic heterocycles. The maximum Gasteiger partial charge on any atom is 0.419 e. The highest BCUT2D eigenvalue weighted by molar-refractivity contribution is 7.75. The van der Waals surface area contributed by atoms with E-state index in [2.05, 4.69) is 36.3 Å². The molecule has 1 amide bonds. The molecule has 3 nitrogen and oxygen atoms in total. The Kier molecular flexibility index (Phi) is 5.20. The zero-order valence-corrected chi connectivity index (χ0v) is 7.15. The number of carbonyl (C=O) groups excluding carboxylic acids is 1. The van der Waals surface area contributed by atoms with Crippen LogP contribution in [0.15, 0.2) is 0 Å². The molecule has 4 heteroatoms. The molecular weight excluding hydrogens is 150 g/mol. The summed E-state index contributed by atoms with van der Waals surface area (Å²) >= 11 is 3.34. The van der Waals surface area contributed by atoms with E-state index >= 15 is 0 Å². The molecule has 0 aromatic rings. The fourth-order valence-corrected chi connectivity index (χ4v) is 0.499. The van der Waals surface area contributed by atoms with Gasteiger partial charge in [0.05, 0.1) is 0 Å². The van der Waals surface area contributed by atoms with Crippen LogP contribution in [0.4, 0.5) is 4.79 Å². The normalized spacial score (nSPS) is 12.3. The van der Waals surface area contributed by atoms with Crippen LogP contribution in [0.3, 0.4) is 0 Å². The van der Waals surface area contributed by atoms with Crippen molar-refractivity contribution in [2.75, 3.05) is 6.54 Å². The summed E-state index contributed by atoms with van der Waals surface area (Å²) < 4.78 is 4.09. The Morgan fingerprint density at radius 3 is 2.80 bits per heavy atom. The molecule has 1 N–H and O–H groups in total. The summed E-state index contributed by atoms with van der Waals surface area (Å²) in [7, 11) is 0. The Morgan fingerprint density at radius 2 is 2.40 bits per heavy atom. The molecule has 1 atom stereocenters. The second-order valence-corrected chi connectivity index (χ2v) is 2.46. The lowest BCUT2D eigenvalue weighted by Crippen LogP contribution is -2.26. The number of hydrogen-bond donors (Lipinski definition) is 2. The number of rotatable bonds is 3. The van der Waals surface area contributed by atoms with Gasteiger partial charge in [0.25, 0.3) is 0 Å². The van der Waals surface area contributed by atoms with E-state index in [1.54, 1.807) is 0 Å². The van der Waals surface area contributed by atoms with Crippen molar-refractivity contribution < 1.29 is 8.98 Å². The summed E-state index contributed by atoms with van der Waals surface area (Å²) in [5.41, 5.74) is 0. The lowest BCUT2D eigenvalue weighted by Gasteiger charge is -2.07. The first-order chi connectivity index (χ1) is 4.70. The minimum absolute atomic E-state index is 0.483. The molecular formula is C6H13NO2S. The smallest absolute Gasteiger partial charge is 0.378 e. The SMILES string of the molecule is CCC(C)CNC(=O)OS. The Hall–Kier alpha value is -0.380. The van der Waals surface area contributed by atoms with Gasteiger partial charge >= 0.3 is 6.09 Å². The zero-order chi connectivity index (χ0) is 7.98. The van der Waals surface area contributed by atoms with Crippen molar-refractivity contribution in [3.63, 3.8) is 0 Å². The van der Waals surface area contributed by atoms with E-state index in [4.69, 9.17) is 0 Å². The lowest BCUT2D eigenvalue weighted by atomic mass is 10.1. The summed E-state index contributed by atoms with van der Waals surface area (Å²) in [6.45, 7) is 4.77. The van der Waals surface area contributed by atoms with Gasteiger partial charge in [-0.1, -0.05) is 20.3 Å². The van der Waals surface area contributed by atoms with Gasteiger partial charge in [0.2, 0.25) is 0 Å². The van der Waals surface area contributed by atoms with Crippen LogP contribution < -0.4 is 5.32 Å². The largest absolute Gasteiger partial charge is 0.419 e. The lowest BCUT2D eigenvalue weighted by molar-refractivity contribution is 0.207. The molecule has 0 aromatic carbocycles. The predicted molar refractivity (Wildman–Crippen MR) is 42.9 cm³/mol. The summed E-state index contributed by atoms with van der Waals surface area (Å²) in [6, 6.07) is 0. The molecule has 0 radical (unpaired) electrons. The van der Waals surface area contributed by atoms with Gasteiger partial charge in [-0.15, -0.1) is 0 Å². The fourth-order valence-electron chi connectivity index (χ4n) is 0.434. The topological polar surface area (TPSA) is 38.3 Å². The maximum atomic E-state index is 10.4. The molecule has 10 heavy (non-hydrogen) atoms. The Balaban J connectivity index is 3.26. The van der Waals surface area contributed by atoms with Crippen molar-refractivity contribution in [3.8, 4) is 0 Å². The highest BCUT2D eigenvalue weighted by atomic mass is 32.1. The molecule has 0 aliphatic rings. The van der Waals surface area contributed by atoms with E-state index in [-0.39, 0.29) is 0 Å². The van der Waals surface area contributed by atoms with Crippen LogP contribution in [-0.2, 0) is 4.18 Å². The maximum absolute atomic E-state index is 10.4. The van der Waals surface area contributed by atoms with Crippen LogP contribution in [0, 0.1) is 5.92 Å². The molecule has 0 aliphatic heterocycles. The van der Waals surface area contributed by atoms with Crippen molar-refractivity contribution in [3.05, 3.63) is 0 Å². The van der Waals surface area contributed by atoms with E-state index < -0.39 is 6.09 Å². The highest BCUT2D eigenvalue weighted by Crippen LogP contribution is 1.97. The molecule has 0 spiro atoms. The van der Waals surface area contributed by atoms with Crippen molar-refractivity contribution >= 4 is 19.0 Å². The van der Waals surface area contributed by atoms with Crippen molar-refractivity contribution in [1.82, 2.24) is 5.32 Å². The Labute approximate surface area is 66.8 Å². The minimum atomic E-state index is -0.483. The number of amides is 1. The van der Waals surface area contributed by atoms with Gasteiger partial charge in [-0.05, 0) is 5.92 Å². The summed E-state index contributed by atoms with van der Waals surface area (Å²) in [5.74, 6) is 0.493. The third-order valence-corrected chi connectivity index (χ3v) is 1.54. The molecule has 0 heterocycles. The van der Waals surface area contributed by atoms with E-state index in [1.807, 2.05) is 0 Å². The number of carbonyl (C=O) groups is 1. The van der Waals surface area contributed by atoms with Gasteiger partial charge in [0.15, 0.2) is 0 Å². The third kappa shape index (κ3) is 4.49. The van der Waals surface area contributed by atoms with Gasteiger partial charge in [0.1, 0.15) is 0 Å². The second kappa shape index (κ2) is 5.41. The Bertz CT molecular complexity index is 108. The van der Waals surface area contributed by atoms with Crippen LogP contribution in [0.2, 0.25) is 0 Å². The van der Waals surface area contributed by atoms with E-state index in [0.29, 0.717) is 12.5 Å². The molecule has 0 fully saturated rings. The quantitative estimate of drug-likeness (QED) is 0.490. The number of thiol groups is 1. The van der Waals surface area contributed by atoms with E-state index in [9.17, 15) is 4.79 Å². The van der Waals surface area contributed by atoms with Gasteiger partial charge in [0, 0.05) is 19.5 Å². The molecule has 0 bridgehead atoms. The molecule has 0 aliphatic carbocycles. The molecule has 0 rings (SSSR count). The zero-order valence-electron chi connectivity index (χ0n) is 6.26. The van der Waals surface area contributed by atoms with Gasteiger partial charge in [-0.25, -0.2) is 4.79 Å². The first kappa shape index (κ1) is 9.62. The first-order valence-electron chi connectivity index (χ1n) is 3.30. The van der Waals surface area contributed by atoms with Gasteiger partial charge in [-0.2, -0.15) is 0 Å². The van der Waals surface area contributed by atoms with E-state index in [0.717, 1.165) is 6.42 Å². The number of hydrogen-bond acceptors (Lipinski definition) is 3. The van der Waals surface area contributed by atoms with Crippen LogP contribution >= 0.6 is 12.9 Å². The van der Waals surface area contributed by atoms with Crippen molar-refractivity contribution in [1.29, 1.82) is 0 Å². The highest BCUT2D eigenvalue weighted by Gasteiger charge is 2.01. The van der Waals surface area contributed by atoms with Crippen LogP contribution in [0.1, 0.15) is 20.3 Å².